The van der Waals surface area contributed by atoms with E-state index in [9.17, 15) is 14.4 Å². The quantitative estimate of drug-likeness (QED) is 0.639. The van der Waals surface area contributed by atoms with Crippen LogP contribution in [0.3, 0.4) is 0 Å². The Morgan fingerprint density at radius 2 is 1.54 bits per heavy atom. The van der Waals surface area contributed by atoms with Crippen molar-refractivity contribution < 1.29 is 28.6 Å². The molecule has 8 heteroatoms. The van der Waals surface area contributed by atoms with Crippen LogP contribution >= 0.6 is 0 Å². The molecule has 2 aromatic carbocycles. The Kier molecular flexibility index (Phi) is 7.83. The van der Waals surface area contributed by atoms with Crippen molar-refractivity contribution in [1.29, 1.82) is 0 Å². The van der Waals surface area contributed by atoms with Crippen LogP contribution in [0.1, 0.15) is 17.3 Å². The van der Waals surface area contributed by atoms with Crippen molar-refractivity contribution in [2.24, 2.45) is 0 Å². The molecule has 2 amide bonds. The maximum atomic E-state index is 11.9. The highest BCUT2D eigenvalue weighted by atomic mass is 16.5. The van der Waals surface area contributed by atoms with Gasteiger partial charge in [-0.3, -0.25) is 9.59 Å². The Bertz CT molecular complexity index is 802. The average Bonchev–Trinajstić information content (AvgIpc) is 2.71. The summed E-state index contributed by atoms with van der Waals surface area (Å²) >= 11 is 0. The Hall–Kier alpha value is -3.55. The Morgan fingerprint density at radius 3 is 2.14 bits per heavy atom. The van der Waals surface area contributed by atoms with Crippen molar-refractivity contribution in [2.45, 2.75) is 6.92 Å². The summed E-state index contributed by atoms with van der Waals surface area (Å²) in [7, 11) is 1.56. The lowest BCUT2D eigenvalue weighted by Crippen LogP contribution is -2.35. The molecule has 2 rings (SSSR count). The summed E-state index contributed by atoms with van der Waals surface area (Å²) in [6.45, 7) is 1.60. The van der Waals surface area contributed by atoms with E-state index in [1.807, 2.05) is 0 Å². The number of benzene rings is 2. The number of esters is 1. The molecule has 0 aliphatic carbocycles. The van der Waals surface area contributed by atoms with Gasteiger partial charge in [-0.25, -0.2) is 4.79 Å². The van der Waals surface area contributed by atoms with Gasteiger partial charge in [0, 0.05) is 5.69 Å². The predicted octanol–water partition coefficient (Wildman–Crippen LogP) is 2.01. The third-order valence-corrected chi connectivity index (χ3v) is 3.56. The topological polar surface area (TPSA) is 103 Å². The molecule has 0 unspecified atom stereocenters. The molecule has 0 saturated carbocycles. The van der Waals surface area contributed by atoms with Crippen molar-refractivity contribution in [3.63, 3.8) is 0 Å². The molecule has 2 N–H and O–H groups in total. The zero-order valence-electron chi connectivity index (χ0n) is 15.7. The van der Waals surface area contributed by atoms with Crippen LogP contribution in [0.4, 0.5) is 5.69 Å². The lowest BCUT2D eigenvalue weighted by atomic mass is 10.2. The molecule has 8 nitrogen and oxygen atoms in total. The summed E-state index contributed by atoms with van der Waals surface area (Å²) in [5, 5.41) is 5.09. The number of rotatable bonds is 9. The Morgan fingerprint density at radius 1 is 0.893 bits per heavy atom. The van der Waals surface area contributed by atoms with E-state index in [2.05, 4.69) is 10.6 Å². The van der Waals surface area contributed by atoms with Gasteiger partial charge in [0.2, 0.25) is 5.91 Å². The summed E-state index contributed by atoms with van der Waals surface area (Å²) in [4.78, 5) is 35.3. The van der Waals surface area contributed by atoms with E-state index in [-0.39, 0.29) is 13.2 Å². The normalized spacial score (nSPS) is 9.93. The molecular formula is C20H22N2O6. The number of ether oxygens (including phenoxy) is 3. The Labute approximate surface area is 162 Å². The van der Waals surface area contributed by atoms with E-state index in [1.165, 1.54) is 0 Å². The molecule has 0 aliphatic heterocycles. The zero-order valence-corrected chi connectivity index (χ0v) is 15.7. The van der Waals surface area contributed by atoms with Gasteiger partial charge >= 0.3 is 5.97 Å². The number of anilines is 1. The highest BCUT2D eigenvalue weighted by Gasteiger charge is 2.09. The number of amides is 2. The van der Waals surface area contributed by atoms with Crippen molar-refractivity contribution in [1.82, 2.24) is 5.32 Å². The van der Waals surface area contributed by atoms with Gasteiger partial charge in [0.15, 0.2) is 6.61 Å². The SMILES string of the molecule is CCOC(=O)c1ccc(NC(=O)CNC(=O)COc2ccc(OC)cc2)cc1. The first-order valence-electron chi connectivity index (χ1n) is 8.62. The second kappa shape index (κ2) is 10.6. The summed E-state index contributed by atoms with van der Waals surface area (Å²) < 4.78 is 15.3. The maximum Gasteiger partial charge on any atom is 0.338 e. The van der Waals surface area contributed by atoms with Crippen molar-refractivity contribution in [3.8, 4) is 11.5 Å². The first-order valence-corrected chi connectivity index (χ1v) is 8.62. The minimum absolute atomic E-state index is 0.204. The number of hydrogen-bond acceptors (Lipinski definition) is 6. The number of nitrogens with one attached hydrogen (secondary N) is 2. The lowest BCUT2D eigenvalue weighted by Gasteiger charge is -2.09. The highest BCUT2D eigenvalue weighted by molar-refractivity contribution is 5.95. The van der Waals surface area contributed by atoms with Crippen LogP contribution in [0.15, 0.2) is 48.5 Å². The first kappa shape index (κ1) is 20.8. The van der Waals surface area contributed by atoms with Crippen molar-refractivity contribution in [2.75, 3.05) is 32.2 Å². The molecule has 2 aromatic rings. The van der Waals surface area contributed by atoms with E-state index >= 15 is 0 Å². The van der Waals surface area contributed by atoms with E-state index in [0.29, 0.717) is 29.4 Å². The lowest BCUT2D eigenvalue weighted by molar-refractivity contribution is -0.125. The minimum atomic E-state index is -0.427. The third-order valence-electron chi connectivity index (χ3n) is 3.56. The summed E-state index contributed by atoms with van der Waals surface area (Å²) in [5.41, 5.74) is 0.894. The fraction of sp³-hybridized carbons (Fsp3) is 0.250. The molecule has 148 valence electrons. The van der Waals surface area contributed by atoms with Gasteiger partial charge in [-0.15, -0.1) is 0 Å². The molecule has 0 atom stereocenters. The van der Waals surface area contributed by atoms with E-state index < -0.39 is 17.8 Å². The summed E-state index contributed by atoms with van der Waals surface area (Å²) in [6.07, 6.45) is 0. The van der Waals surface area contributed by atoms with Crippen LogP contribution in [0.5, 0.6) is 11.5 Å². The number of methoxy groups -OCH3 is 1. The first-order chi connectivity index (χ1) is 13.5. The predicted molar refractivity (Wildman–Crippen MR) is 103 cm³/mol. The van der Waals surface area contributed by atoms with Crippen LogP contribution in [0, 0.1) is 0 Å². The fourth-order valence-corrected chi connectivity index (χ4v) is 2.16. The molecule has 0 saturated heterocycles. The van der Waals surface area contributed by atoms with Gasteiger partial charge in [-0.05, 0) is 55.5 Å². The smallest absolute Gasteiger partial charge is 0.338 e. The van der Waals surface area contributed by atoms with Crippen LogP contribution in [-0.2, 0) is 14.3 Å². The maximum absolute atomic E-state index is 11.9. The van der Waals surface area contributed by atoms with Crippen LogP contribution in [-0.4, -0.2) is 44.7 Å². The molecule has 0 bridgehead atoms. The monoisotopic (exact) mass is 386 g/mol. The third kappa shape index (κ3) is 6.64. The molecule has 0 radical (unpaired) electrons. The molecule has 0 spiro atoms. The van der Waals surface area contributed by atoms with E-state index in [1.54, 1.807) is 62.6 Å². The summed E-state index contributed by atoms with van der Waals surface area (Å²) in [5.74, 6) is -0.0549. The van der Waals surface area contributed by atoms with E-state index in [4.69, 9.17) is 14.2 Å². The molecule has 0 aliphatic rings. The second-order valence-electron chi connectivity index (χ2n) is 5.59. The standard InChI is InChI=1S/C20H22N2O6/c1-3-27-20(25)14-4-6-15(7-5-14)22-18(23)12-21-19(24)13-28-17-10-8-16(26-2)9-11-17/h4-11H,3,12-13H2,1-2H3,(H,21,24)(H,22,23). The van der Waals surface area contributed by atoms with Gasteiger partial charge in [-0.2, -0.15) is 0 Å². The van der Waals surface area contributed by atoms with Crippen LogP contribution in [0.2, 0.25) is 0 Å². The van der Waals surface area contributed by atoms with Gasteiger partial charge in [0.25, 0.3) is 5.91 Å². The zero-order chi connectivity index (χ0) is 20.4. The summed E-state index contributed by atoms with van der Waals surface area (Å²) in [6, 6.07) is 13.1. The number of carbonyl (C=O) groups is 3. The largest absolute Gasteiger partial charge is 0.497 e. The molecule has 0 heterocycles. The molecule has 28 heavy (non-hydrogen) atoms. The van der Waals surface area contributed by atoms with Crippen LogP contribution < -0.4 is 20.1 Å². The minimum Gasteiger partial charge on any atom is -0.497 e. The number of carbonyl (C=O) groups excluding carboxylic acids is 3. The molecular weight excluding hydrogens is 364 g/mol. The van der Waals surface area contributed by atoms with E-state index in [0.717, 1.165) is 0 Å². The van der Waals surface area contributed by atoms with Crippen LogP contribution in [0.25, 0.3) is 0 Å². The second-order valence-corrected chi connectivity index (χ2v) is 5.59. The molecule has 0 fully saturated rings. The highest BCUT2D eigenvalue weighted by Crippen LogP contribution is 2.16. The average molecular weight is 386 g/mol. The fourth-order valence-electron chi connectivity index (χ4n) is 2.16. The van der Waals surface area contributed by atoms with Gasteiger partial charge in [0.1, 0.15) is 11.5 Å². The number of hydrogen-bond donors (Lipinski definition) is 2. The van der Waals surface area contributed by atoms with Crippen molar-refractivity contribution >= 4 is 23.5 Å². The van der Waals surface area contributed by atoms with Gasteiger partial charge in [0.05, 0.1) is 25.8 Å². The van der Waals surface area contributed by atoms with Gasteiger partial charge < -0.3 is 24.8 Å². The molecule has 0 aromatic heterocycles. The van der Waals surface area contributed by atoms with Gasteiger partial charge in [-0.1, -0.05) is 0 Å². The van der Waals surface area contributed by atoms with Crippen molar-refractivity contribution in [3.05, 3.63) is 54.1 Å². The Balaban J connectivity index is 1.72.